The largest absolute Gasteiger partial charge is 0.497 e. The number of aromatic nitrogens is 1. The van der Waals surface area contributed by atoms with Crippen LogP contribution in [-0.4, -0.2) is 54.7 Å². The third-order valence-corrected chi connectivity index (χ3v) is 7.18. The minimum absolute atomic E-state index is 0.0893. The second-order valence-corrected chi connectivity index (χ2v) is 9.67. The molecule has 1 saturated heterocycles. The molecule has 2 fully saturated rings. The van der Waals surface area contributed by atoms with Crippen LogP contribution >= 0.6 is 0 Å². The van der Waals surface area contributed by atoms with Crippen LogP contribution in [-0.2, 0) is 14.4 Å². The van der Waals surface area contributed by atoms with Crippen LogP contribution in [0.25, 0.3) is 10.9 Å². The van der Waals surface area contributed by atoms with Crippen LogP contribution in [0.2, 0.25) is 0 Å². The predicted octanol–water partition coefficient (Wildman–Crippen LogP) is 2.46. The number of benzene rings is 1. The molecule has 0 spiro atoms. The number of hydrogen-bond acceptors (Lipinski definition) is 5. The van der Waals surface area contributed by atoms with Gasteiger partial charge >= 0.3 is 0 Å². The Kier molecular flexibility index (Phi) is 8.05. The molecule has 1 aromatic carbocycles. The lowest BCUT2D eigenvalue weighted by Gasteiger charge is -2.27. The molecule has 3 atom stereocenters. The number of carbonyl (C=O) groups is 4. The van der Waals surface area contributed by atoms with E-state index in [1.54, 1.807) is 13.2 Å². The number of hydrogen-bond donors (Lipinski definition) is 4. The number of amides is 3. The van der Waals surface area contributed by atoms with Gasteiger partial charge in [0.05, 0.1) is 13.2 Å². The Hall–Kier alpha value is -3.36. The van der Waals surface area contributed by atoms with Gasteiger partial charge in [-0.05, 0) is 49.4 Å². The summed E-state index contributed by atoms with van der Waals surface area (Å²) in [7, 11) is 1.58. The molecule has 9 nitrogen and oxygen atoms in total. The molecule has 1 saturated carbocycles. The first-order chi connectivity index (χ1) is 17.0. The topological polar surface area (TPSA) is 129 Å². The number of rotatable bonds is 10. The van der Waals surface area contributed by atoms with E-state index >= 15 is 0 Å². The minimum Gasteiger partial charge on any atom is -0.497 e. The van der Waals surface area contributed by atoms with E-state index in [0.29, 0.717) is 43.0 Å². The van der Waals surface area contributed by atoms with Crippen molar-refractivity contribution >= 4 is 34.9 Å². The van der Waals surface area contributed by atoms with Crippen LogP contribution in [0, 0.1) is 11.8 Å². The Morgan fingerprint density at radius 3 is 2.60 bits per heavy atom. The van der Waals surface area contributed by atoms with Gasteiger partial charge in [0.2, 0.25) is 11.8 Å². The van der Waals surface area contributed by atoms with Crippen molar-refractivity contribution in [3.05, 3.63) is 30.0 Å². The number of H-pyrrole nitrogens is 1. The summed E-state index contributed by atoms with van der Waals surface area (Å²) in [6.45, 7) is 0.583. The molecule has 1 aliphatic carbocycles. The van der Waals surface area contributed by atoms with Crippen LogP contribution in [0.3, 0.4) is 0 Å². The SMILES string of the molecule is COc1ccc2[nH]c(C(=O)N[C@@H](CC3CCCCC3)C(=O)N[C@H](C=O)C[C@@H]3CCNC3=O)cc2c1. The summed E-state index contributed by atoms with van der Waals surface area (Å²) >= 11 is 0. The normalized spacial score (nSPS) is 20.1. The van der Waals surface area contributed by atoms with Gasteiger partial charge in [0.15, 0.2) is 0 Å². The van der Waals surface area contributed by atoms with Crippen LogP contribution < -0.4 is 20.7 Å². The quantitative estimate of drug-likeness (QED) is 0.387. The van der Waals surface area contributed by atoms with Crippen LogP contribution in [0.4, 0.5) is 0 Å². The maximum Gasteiger partial charge on any atom is 0.268 e. The van der Waals surface area contributed by atoms with Gasteiger partial charge in [0.1, 0.15) is 23.8 Å². The summed E-state index contributed by atoms with van der Waals surface area (Å²) in [5.74, 6) is -0.129. The summed E-state index contributed by atoms with van der Waals surface area (Å²) in [6.07, 6.45) is 7.55. The third-order valence-electron chi connectivity index (χ3n) is 7.18. The molecule has 0 bridgehead atoms. The first-order valence-electron chi connectivity index (χ1n) is 12.5. The van der Waals surface area contributed by atoms with E-state index in [9.17, 15) is 19.2 Å². The van der Waals surface area contributed by atoms with Crippen molar-refractivity contribution in [2.45, 2.75) is 63.5 Å². The van der Waals surface area contributed by atoms with E-state index < -0.39 is 18.0 Å². The van der Waals surface area contributed by atoms with Gasteiger partial charge in [-0.3, -0.25) is 14.4 Å². The van der Waals surface area contributed by atoms with E-state index in [2.05, 4.69) is 20.9 Å². The summed E-state index contributed by atoms with van der Waals surface area (Å²) in [5.41, 5.74) is 1.14. The van der Waals surface area contributed by atoms with Crippen LogP contribution in [0.1, 0.15) is 61.9 Å². The van der Waals surface area contributed by atoms with Crippen molar-refractivity contribution in [1.29, 1.82) is 0 Å². The zero-order chi connectivity index (χ0) is 24.8. The van der Waals surface area contributed by atoms with Gasteiger partial charge in [-0.25, -0.2) is 0 Å². The average Bonchev–Trinajstić information content (AvgIpc) is 3.49. The molecule has 0 radical (unpaired) electrons. The smallest absolute Gasteiger partial charge is 0.268 e. The van der Waals surface area contributed by atoms with Gasteiger partial charge in [0, 0.05) is 23.4 Å². The highest BCUT2D eigenvalue weighted by atomic mass is 16.5. The monoisotopic (exact) mass is 482 g/mol. The standard InChI is InChI=1S/C26H34N4O5/c1-35-20-7-8-21-18(13-20)14-23(29-21)26(34)30-22(11-16-5-3-2-4-6-16)25(33)28-19(15-31)12-17-9-10-27-24(17)32/h7-8,13-17,19,22,29H,2-6,9-12H2,1H3,(H,27,32)(H,28,33)(H,30,34)/t17-,19-,22-/m0/s1. The second kappa shape index (κ2) is 11.4. The number of carbonyl (C=O) groups excluding carboxylic acids is 4. The van der Waals surface area contributed by atoms with Crippen molar-refractivity contribution in [3.8, 4) is 5.75 Å². The lowest BCUT2D eigenvalue weighted by atomic mass is 9.84. The predicted molar refractivity (Wildman–Crippen MR) is 131 cm³/mol. The van der Waals surface area contributed by atoms with Gasteiger partial charge in [-0.15, -0.1) is 0 Å². The Bertz CT molecular complexity index is 1070. The lowest BCUT2D eigenvalue weighted by molar-refractivity contribution is -0.127. The van der Waals surface area contributed by atoms with Crippen molar-refractivity contribution in [1.82, 2.24) is 20.9 Å². The van der Waals surface area contributed by atoms with E-state index in [4.69, 9.17) is 4.74 Å². The van der Waals surface area contributed by atoms with Crippen molar-refractivity contribution < 1.29 is 23.9 Å². The van der Waals surface area contributed by atoms with Crippen LogP contribution in [0.15, 0.2) is 24.3 Å². The number of methoxy groups -OCH3 is 1. The molecule has 188 valence electrons. The van der Waals surface area contributed by atoms with E-state index in [1.807, 2.05) is 18.2 Å². The molecule has 9 heteroatoms. The first-order valence-corrected chi connectivity index (χ1v) is 12.5. The Labute approximate surface area is 204 Å². The molecule has 2 aliphatic rings. The molecule has 3 amide bonds. The second-order valence-electron chi connectivity index (χ2n) is 9.67. The van der Waals surface area contributed by atoms with Crippen molar-refractivity contribution in [2.75, 3.05) is 13.7 Å². The highest BCUT2D eigenvalue weighted by Crippen LogP contribution is 2.28. The highest BCUT2D eigenvalue weighted by molar-refractivity contribution is 6.00. The maximum absolute atomic E-state index is 13.3. The minimum atomic E-state index is -0.775. The fourth-order valence-electron chi connectivity index (χ4n) is 5.19. The van der Waals surface area contributed by atoms with E-state index in [1.165, 1.54) is 6.42 Å². The van der Waals surface area contributed by atoms with Gasteiger partial charge in [-0.1, -0.05) is 32.1 Å². The number of ether oxygens (including phenoxy) is 1. The van der Waals surface area contributed by atoms with Gasteiger partial charge in [0.25, 0.3) is 5.91 Å². The molecule has 4 rings (SSSR count). The fraction of sp³-hybridized carbons (Fsp3) is 0.538. The molecule has 4 N–H and O–H groups in total. The summed E-state index contributed by atoms with van der Waals surface area (Å²) in [6, 6.07) is 5.67. The molecule has 35 heavy (non-hydrogen) atoms. The first kappa shape index (κ1) is 24.8. The molecular formula is C26H34N4O5. The van der Waals surface area contributed by atoms with Crippen molar-refractivity contribution in [3.63, 3.8) is 0 Å². The molecule has 2 heterocycles. The number of aldehydes is 1. The van der Waals surface area contributed by atoms with E-state index in [-0.39, 0.29) is 24.2 Å². The highest BCUT2D eigenvalue weighted by Gasteiger charge is 2.31. The molecule has 1 aliphatic heterocycles. The fourth-order valence-corrected chi connectivity index (χ4v) is 5.19. The van der Waals surface area contributed by atoms with Crippen molar-refractivity contribution in [2.24, 2.45) is 11.8 Å². The van der Waals surface area contributed by atoms with E-state index in [0.717, 1.165) is 36.6 Å². The Morgan fingerprint density at radius 1 is 1.11 bits per heavy atom. The summed E-state index contributed by atoms with van der Waals surface area (Å²) < 4.78 is 5.25. The lowest BCUT2D eigenvalue weighted by Crippen LogP contribution is -2.51. The van der Waals surface area contributed by atoms with Gasteiger partial charge in [-0.2, -0.15) is 0 Å². The zero-order valence-corrected chi connectivity index (χ0v) is 20.1. The molecule has 1 aromatic heterocycles. The summed E-state index contributed by atoms with van der Waals surface area (Å²) in [5, 5.41) is 9.25. The molecule has 0 unspecified atom stereocenters. The zero-order valence-electron chi connectivity index (χ0n) is 20.1. The van der Waals surface area contributed by atoms with Crippen LogP contribution in [0.5, 0.6) is 5.75 Å². The number of nitrogens with one attached hydrogen (secondary N) is 4. The number of fused-ring (bicyclic) bond motifs is 1. The Morgan fingerprint density at radius 2 is 1.91 bits per heavy atom. The number of aromatic amines is 1. The maximum atomic E-state index is 13.3. The summed E-state index contributed by atoms with van der Waals surface area (Å²) in [4.78, 5) is 53.1. The Balaban J connectivity index is 1.46. The average molecular weight is 483 g/mol. The molecular weight excluding hydrogens is 448 g/mol. The van der Waals surface area contributed by atoms with Gasteiger partial charge < -0.3 is 30.5 Å². The third kappa shape index (κ3) is 6.21. The molecule has 2 aromatic rings.